The predicted octanol–water partition coefficient (Wildman–Crippen LogP) is 4.86. The van der Waals surface area contributed by atoms with E-state index in [-0.39, 0.29) is 0 Å². The zero-order valence-corrected chi connectivity index (χ0v) is 14.9. The summed E-state index contributed by atoms with van der Waals surface area (Å²) in [5.41, 5.74) is 0. The molecule has 0 unspecified atom stereocenters. The molecular formula is C13H16Br2N2OS. The van der Waals surface area contributed by atoms with Gasteiger partial charge in [0, 0.05) is 16.9 Å². The maximum atomic E-state index is 5.77. The topological polar surface area (TPSA) is 38.1 Å². The summed E-state index contributed by atoms with van der Waals surface area (Å²) in [4.78, 5) is 5.41. The van der Waals surface area contributed by atoms with E-state index >= 15 is 0 Å². The molecule has 0 saturated heterocycles. The van der Waals surface area contributed by atoms with Crippen molar-refractivity contribution >= 4 is 43.2 Å². The fourth-order valence-corrected chi connectivity index (χ4v) is 3.62. The molecule has 0 aromatic carbocycles. The summed E-state index contributed by atoms with van der Waals surface area (Å²) in [6, 6.07) is 2.57. The van der Waals surface area contributed by atoms with E-state index in [1.165, 1.54) is 0 Å². The molecule has 2 heterocycles. The number of rotatable bonds is 6. The zero-order chi connectivity index (χ0) is 13.8. The van der Waals surface area contributed by atoms with Crippen LogP contribution in [0.1, 0.15) is 26.2 Å². The van der Waals surface area contributed by atoms with Gasteiger partial charge in [0.25, 0.3) is 0 Å². The number of nitrogens with zero attached hydrogens (tertiary/aromatic N) is 1. The fraction of sp³-hybridized carbons (Fsp3) is 0.462. The van der Waals surface area contributed by atoms with Crippen LogP contribution in [-0.2, 0) is 6.42 Å². The number of oxazole rings is 1. The predicted molar refractivity (Wildman–Crippen MR) is 86.7 cm³/mol. The van der Waals surface area contributed by atoms with Gasteiger partial charge in [-0.2, -0.15) is 0 Å². The molecule has 0 aliphatic rings. The van der Waals surface area contributed by atoms with Gasteiger partial charge in [-0.05, 0) is 50.9 Å². The number of hydrogen-bond donors (Lipinski definition) is 1. The van der Waals surface area contributed by atoms with Crippen LogP contribution in [0.15, 0.2) is 24.9 Å². The van der Waals surface area contributed by atoms with Crippen LogP contribution in [0.3, 0.4) is 0 Å². The van der Waals surface area contributed by atoms with Gasteiger partial charge in [0.1, 0.15) is 0 Å². The van der Waals surface area contributed by atoms with Crippen LogP contribution in [0, 0.1) is 0 Å². The van der Waals surface area contributed by atoms with Crippen LogP contribution in [0.2, 0.25) is 0 Å². The largest absolute Gasteiger partial charge is 0.440 e. The van der Waals surface area contributed by atoms with Crippen LogP contribution >= 0.6 is 43.2 Å². The molecule has 104 valence electrons. The SMILES string of the molecule is CC(C)NCCCc1ncc(-c2cc(Br)c(Br)s2)o1. The van der Waals surface area contributed by atoms with E-state index in [4.69, 9.17) is 4.42 Å². The Hall–Kier alpha value is -0.170. The highest BCUT2D eigenvalue weighted by molar-refractivity contribution is 9.13. The Kier molecular flexibility index (Phi) is 5.62. The molecule has 2 rings (SSSR count). The third-order valence-corrected chi connectivity index (χ3v) is 5.83. The van der Waals surface area contributed by atoms with Gasteiger partial charge in [0.15, 0.2) is 11.7 Å². The summed E-state index contributed by atoms with van der Waals surface area (Å²) in [6.45, 7) is 5.29. The van der Waals surface area contributed by atoms with Crippen LogP contribution in [0.5, 0.6) is 0 Å². The summed E-state index contributed by atoms with van der Waals surface area (Å²) < 4.78 is 7.89. The molecule has 19 heavy (non-hydrogen) atoms. The van der Waals surface area contributed by atoms with Crippen LogP contribution < -0.4 is 5.32 Å². The maximum Gasteiger partial charge on any atom is 0.194 e. The summed E-state index contributed by atoms with van der Waals surface area (Å²) in [6.07, 6.45) is 3.71. The molecule has 0 spiro atoms. The van der Waals surface area contributed by atoms with E-state index in [9.17, 15) is 0 Å². The molecule has 0 amide bonds. The van der Waals surface area contributed by atoms with Crippen molar-refractivity contribution in [3.05, 3.63) is 26.4 Å². The standard InChI is InChI=1S/C13H16Br2N2OS/c1-8(2)16-5-3-4-12-17-7-10(18-12)11-6-9(14)13(15)19-11/h6-8,16H,3-5H2,1-2H3. The van der Waals surface area contributed by atoms with Crippen molar-refractivity contribution in [3.8, 4) is 10.6 Å². The Bertz CT molecular complexity index is 517. The third kappa shape index (κ3) is 4.41. The second-order valence-electron chi connectivity index (χ2n) is 4.56. The van der Waals surface area contributed by atoms with Crippen molar-refractivity contribution in [2.45, 2.75) is 32.7 Å². The lowest BCUT2D eigenvalue weighted by Crippen LogP contribution is -2.23. The smallest absolute Gasteiger partial charge is 0.194 e. The highest BCUT2D eigenvalue weighted by Crippen LogP contribution is 2.38. The van der Waals surface area contributed by atoms with Crippen molar-refractivity contribution < 1.29 is 4.42 Å². The van der Waals surface area contributed by atoms with Crippen molar-refractivity contribution in [1.29, 1.82) is 0 Å². The summed E-state index contributed by atoms with van der Waals surface area (Å²) in [5.74, 6) is 1.64. The van der Waals surface area contributed by atoms with E-state index in [1.54, 1.807) is 17.5 Å². The average Bonchev–Trinajstić information content (AvgIpc) is 2.93. The second-order valence-corrected chi connectivity index (χ2v) is 7.79. The van der Waals surface area contributed by atoms with Gasteiger partial charge in [0.05, 0.1) is 14.9 Å². The minimum Gasteiger partial charge on any atom is -0.440 e. The van der Waals surface area contributed by atoms with Crippen molar-refractivity contribution in [3.63, 3.8) is 0 Å². The molecule has 0 radical (unpaired) electrons. The van der Waals surface area contributed by atoms with E-state index in [2.05, 4.69) is 56.0 Å². The normalized spacial score (nSPS) is 11.4. The molecular weight excluding hydrogens is 392 g/mol. The first-order valence-corrected chi connectivity index (χ1v) is 8.60. The number of thiophene rings is 1. The Morgan fingerprint density at radius 2 is 2.21 bits per heavy atom. The minimum absolute atomic E-state index is 0.529. The Morgan fingerprint density at radius 3 is 2.84 bits per heavy atom. The van der Waals surface area contributed by atoms with Crippen LogP contribution in [0.4, 0.5) is 0 Å². The highest BCUT2D eigenvalue weighted by Gasteiger charge is 2.11. The summed E-state index contributed by atoms with van der Waals surface area (Å²) >= 11 is 8.60. The molecule has 0 atom stereocenters. The van der Waals surface area contributed by atoms with E-state index in [0.717, 1.165) is 44.2 Å². The Balaban J connectivity index is 1.92. The lowest BCUT2D eigenvalue weighted by molar-refractivity contribution is 0.485. The number of aromatic nitrogens is 1. The average molecular weight is 408 g/mol. The van der Waals surface area contributed by atoms with Crippen molar-refractivity contribution in [2.24, 2.45) is 0 Å². The van der Waals surface area contributed by atoms with Crippen LogP contribution in [-0.4, -0.2) is 17.6 Å². The molecule has 0 aliphatic heterocycles. The zero-order valence-electron chi connectivity index (χ0n) is 10.9. The lowest BCUT2D eigenvalue weighted by atomic mass is 10.3. The second kappa shape index (κ2) is 7.02. The lowest BCUT2D eigenvalue weighted by Gasteiger charge is -2.05. The quantitative estimate of drug-likeness (QED) is 0.694. The first kappa shape index (κ1) is 15.2. The fourth-order valence-electron chi connectivity index (χ4n) is 1.64. The minimum atomic E-state index is 0.529. The monoisotopic (exact) mass is 406 g/mol. The number of halogens is 2. The molecule has 3 nitrogen and oxygen atoms in total. The van der Waals surface area contributed by atoms with Gasteiger partial charge < -0.3 is 9.73 Å². The van der Waals surface area contributed by atoms with Crippen LogP contribution in [0.25, 0.3) is 10.6 Å². The number of nitrogens with one attached hydrogen (secondary N) is 1. The molecule has 2 aromatic rings. The molecule has 6 heteroatoms. The number of hydrogen-bond acceptors (Lipinski definition) is 4. The summed E-state index contributed by atoms with van der Waals surface area (Å²) in [7, 11) is 0. The van der Waals surface area contributed by atoms with Gasteiger partial charge in [-0.25, -0.2) is 4.98 Å². The van der Waals surface area contributed by atoms with Gasteiger partial charge >= 0.3 is 0 Å². The first-order valence-electron chi connectivity index (χ1n) is 6.19. The van der Waals surface area contributed by atoms with E-state index in [0.29, 0.717) is 6.04 Å². The Labute approximate surface area is 134 Å². The van der Waals surface area contributed by atoms with Gasteiger partial charge in [-0.15, -0.1) is 11.3 Å². The summed E-state index contributed by atoms with van der Waals surface area (Å²) in [5, 5.41) is 3.39. The first-order chi connectivity index (χ1) is 9.06. The Morgan fingerprint density at radius 1 is 1.42 bits per heavy atom. The highest BCUT2D eigenvalue weighted by atomic mass is 79.9. The van der Waals surface area contributed by atoms with Gasteiger partial charge in [0.2, 0.25) is 0 Å². The third-order valence-electron chi connectivity index (χ3n) is 2.56. The van der Waals surface area contributed by atoms with Gasteiger partial charge in [-0.3, -0.25) is 0 Å². The van der Waals surface area contributed by atoms with E-state index in [1.807, 2.05) is 6.07 Å². The molecule has 0 saturated carbocycles. The van der Waals surface area contributed by atoms with Crippen molar-refractivity contribution in [2.75, 3.05) is 6.54 Å². The molecule has 0 fully saturated rings. The van der Waals surface area contributed by atoms with Crippen molar-refractivity contribution in [1.82, 2.24) is 10.3 Å². The molecule has 0 aliphatic carbocycles. The maximum absolute atomic E-state index is 5.77. The molecule has 1 N–H and O–H groups in total. The van der Waals surface area contributed by atoms with Gasteiger partial charge in [-0.1, -0.05) is 13.8 Å². The van der Waals surface area contributed by atoms with E-state index < -0.39 is 0 Å². The molecule has 0 bridgehead atoms. The number of aryl methyl sites for hydroxylation is 1. The molecule has 2 aromatic heterocycles.